The van der Waals surface area contributed by atoms with Crippen LogP contribution in [0.5, 0.6) is 0 Å². The molecule has 3 aromatic rings. The second-order valence-electron chi connectivity index (χ2n) is 11.7. The van der Waals surface area contributed by atoms with E-state index >= 15 is 0 Å². The van der Waals surface area contributed by atoms with Gasteiger partial charge in [-0.3, -0.25) is 9.59 Å². The normalized spacial score (nSPS) is 20.1. The summed E-state index contributed by atoms with van der Waals surface area (Å²) in [5.41, 5.74) is 7.00. The number of rotatable bonds is 5. The van der Waals surface area contributed by atoms with Crippen LogP contribution in [0.3, 0.4) is 0 Å². The molecule has 1 aliphatic carbocycles. The standard InChI is InChI=1S/C32H37N5O2S/c1-20-10-12-26(14-21(20)2)34-32(40)35-27-16-23(31(39)33-25-6-3-4-7-25)11-13-29(27)36-17-22-15-24(19-36)28-8-5-9-30(38)37(28)18-22/h5,8-14,16,22,24-25H,3-4,6-7,15,17-19H2,1-2H3,(H,33,39)(H2,34,35,40)/t22-,24+/m1/s1. The van der Waals surface area contributed by atoms with E-state index in [4.69, 9.17) is 12.2 Å². The Labute approximate surface area is 241 Å². The predicted octanol–water partition coefficient (Wildman–Crippen LogP) is 5.57. The van der Waals surface area contributed by atoms with E-state index < -0.39 is 0 Å². The molecule has 0 radical (unpaired) electrons. The van der Waals surface area contributed by atoms with Crippen molar-refractivity contribution < 1.29 is 4.79 Å². The largest absolute Gasteiger partial charge is 0.369 e. The first-order chi connectivity index (χ1) is 19.3. The van der Waals surface area contributed by atoms with E-state index in [9.17, 15) is 9.59 Å². The molecule has 2 bridgehead atoms. The molecule has 8 heteroatoms. The first kappa shape index (κ1) is 26.6. The molecule has 7 nitrogen and oxygen atoms in total. The number of nitrogens with one attached hydrogen (secondary N) is 3. The van der Waals surface area contributed by atoms with E-state index in [0.29, 0.717) is 16.6 Å². The average molecular weight is 556 g/mol. The minimum atomic E-state index is -0.0432. The molecule has 3 aliphatic rings. The summed E-state index contributed by atoms with van der Waals surface area (Å²) in [5, 5.41) is 10.4. The molecule has 2 aliphatic heterocycles. The maximum absolute atomic E-state index is 13.2. The number of benzene rings is 2. The first-order valence-corrected chi connectivity index (χ1v) is 14.8. The molecule has 6 rings (SSSR count). The van der Waals surface area contributed by atoms with Crippen molar-refractivity contribution in [3.8, 4) is 0 Å². The number of carbonyl (C=O) groups is 1. The third-order valence-corrected chi connectivity index (χ3v) is 8.99. The molecule has 40 heavy (non-hydrogen) atoms. The molecule has 1 saturated carbocycles. The van der Waals surface area contributed by atoms with Crippen LogP contribution in [0.2, 0.25) is 0 Å². The fourth-order valence-corrected chi connectivity index (χ4v) is 6.82. The number of aromatic nitrogens is 1. The molecule has 3 heterocycles. The number of fused-ring (bicyclic) bond motifs is 4. The maximum atomic E-state index is 13.2. The second-order valence-corrected chi connectivity index (χ2v) is 12.1. The Bertz CT molecular complexity index is 1510. The van der Waals surface area contributed by atoms with E-state index in [-0.39, 0.29) is 23.4 Å². The molecule has 208 valence electrons. The van der Waals surface area contributed by atoms with Crippen LogP contribution in [0.4, 0.5) is 17.1 Å². The van der Waals surface area contributed by atoms with Crippen LogP contribution in [0, 0.1) is 19.8 Å². The van der Waals surface area contributed by atoms with Crippen molar-refractivity contribution in [1.82, 2.24) is 9.88 Å². The summed E-state index contributed by atoms with van der Waals surface area (Å²) in [5.74, 6) is 0.615. The van der Waals surface area contributed by atoms with E-state index in [1.54, 1.807) is 6.07 Å². The van der Waals surface area contributed by atoms with E-state index in [1.807, 2.05) is 34.9 Å². The summed E-state index contributed by atoms with van der Waals surface area (Å²) in [4.78, 5) is 28.1. The smallest absolute Gasteiger partial charge is 0.251 e. The summed E-state index contributed by atoms with van der Waals surface area (Å²) in [7, 11) is 0. The van der Waals surface area contributed by atoms with Gasteiger partial charge in [0.05, 0.1) is 11.4 Å². The summed E-state index contributed by atoms with van der Waals surface area (Å²) < 4.78 is 1.95. The highest BCUT2D eigenvalue weighted by Gasteiger charge is 2.35. The number of hydrogen-bond donors (Lipinski definition) is 3. The van der Waals surface area contributed by atoms with Crippen molar-refractivity contribution >= 4 is 40.3 Å². The van der Waals surface area contributed by atoms with Gasteiger partial charge in [0.2, 0.25) is 0 Å². The van der Waals surface area contributed by atoms with Gasteiger partial charge in [-0.05, 0) is 98.8 Å². The SMILES string of the molecule is Cc1ccc(NC(=S)Nc2cc(C(=O)NC3CCCC3)ccc2N2C[C@H]3C[C@@H](C2)c2cccc(=O)n2C3)cc1C. The van der Waals surface area contributed by atoms with Gasteiger partial charge in [-0.15, -0.1) is 0 Å². The Morgan fingerprint density at radius 1 is 0.925 bits per heavy atom. The predicted molar refractivity (Wildman–Crippen MR) is 166 cm³/mol. The Balaban J connectivity index is 1.28. The molecule has 0 spiro atoms. The van der Waals surface area contributed by atoms with E-state index in [0.717, 1.165) is 61.7 Å². The number of pyridine rings is 1. The van der Waals surface area contributed by atoms with Gasteiger partial charge in [-0.25, -0.2) is 0 Å². The van der Waals surface area contributed by atoms with Gasteiger partial charge in [0.15, 0.2) is 5.11 Å². The summed E-state index contributed by atoms with van der Waals surface area (Å²) in [6, 6.07) is 17.9. The molecule has 1 saturated heterocycles. The molecule has 3 N–H and O–H groups in total. The molecule has 0 unspecified atom stereocenters. The molecule has 2 aromatic carbocycles. The zero-order chi connectivity index (χ0) is 27.8. The van der Waals surface area contributed by atoms with Crippen molar-refractivity contribution in [2.75, 3.05) is 28.6 Å². The highest BCUT2D eigenvalue weighted by Crippen LogP contribution is 2.39. The lowest BCUT2D eigenvalue weighted by Gasteiger charge is -2.44. The number of anilines is 3. The van der Waals surface area contributed by atoms with Crippen LogP contribution in [-0.4, -0.2) is 34.7 Å². The average Bonchev–Trinajstić information content (AvgIpc) is 3.44. The Morgan fingerprint density at radius 3 is 2.55 bits per heavy atom. The lowest BCUT2D eigenvalue weighted by atomic mass is 9.83. The molecule has 1 aromatic heterocycles. The van der Waals surface area contributed by atoms with Crippen molar-refractivity contribution in [3.63, 3.8) is 0 Å². The van der Waals surface area contributed by atoms with Gasteiger partial charge in [-0.2, -0.15) is 0 Å². The minimum absolute atomic E-state index is 0.0432. The van der Waals surface area contributed by atoms with E-state index in [1.165, 1.54) is 24.0 Å². The number of carbonyl (C=O) groups excluding carboxylic acids is 1. The zero-order valence-electron chi connectivity index (χ0n) is 23.2. The topological polar surface area (TPSA) is 78.4 Å². The lowest BCUT2D eigenvalue weighted by Crippen LogP contribution is -2.47. The van der Waals surface area contributed by atoms with Crippen LogP contribution in [0.25, 0.3) is 0 Å². The number of hydrogen-bond acceptors (Lipinski definition) is 4. The second kappa shape index (κ2) is 11.1. The molecule has 1 amide bonds. The number of piperidine rings is 1. The number of aryl methyl sites for hydroxylation is 2. The monoisotopic (exact) mass is 555 g/mol. The van der Waals surface area contributed by atoms with Crippen LogP contribution in [0.15, 0.2) is 59.4 Å². The van der Waals surface area contributed by atoms with Crippen molar-refractivity contribution in [1.29, 1.82) is 0 Å². The van der Waals surface area contributed by atoms with Crippen LogP contribution >= 0.6 is 12.2 Å². The fraction of sp³-hybridized carbons (Fsp3) is 0.406. The van der Waals surface area contributed by atoms with E-state index in [2.05, 4.69) is 52.9 Å². The van der Waals surface area contributed by atoms with Gasteiger partial charge in [-0.1, -0.05) is 25.0 Å². The molecular formula is C32H37N5O2S. The highest BCUT2D eigenvalue weighted by atomic mass is 32.1. The zero-order valence-corrected chi connectivity index (χ0v) is 24.0. The minimum Gasteiger partial charge on any atom is -0.369 e. The van der Waals surface area contributed by atoms with Crippen LogP contribution in [0.1, 0.15) is 65.2 Å². The Hall–Kier alpha value is -3.65. The van der Waals surface area contributed by atoms with Crippen molar-refractivity contribution in [2.24, 2.45) is 5.92 Å². The number of thiocarbonyl (C=S) groups is 1. The fourth-order valence-electron chi connectivity index (χ4n) is 6.59. The summed E-state index contributed by atoms with van der Waals surface area (Å²) in [6.07, 6.45) is 5.50. The quantitative estimate of drug-likeness (QED) is 0.358. The van der Waals surface area contributed by atoms with Gasteiger partial charge in [0.25, 0.3) is 11.5 Å². The number of amides is 1. The maximum Gasteiger partial charge on any atom is 0.251 e. The third-order valence-electron chi connectivity index (χ3n) is 8.78. The Morgan fingerprint density at radius 2 is 1.75 bits per heavy atom. The molecule has 2 fully saturated rings. The van der Waals surface area contributed by atoms with Crippen LogP contribution < -0.4 is 26.4 Å². The van der Waals surface area contributed by atoms with Gasteiger partial charge in [0.1, 0.15) is 0 Å². The highest BCUT2D eigenvalue weighted by molar-refractivity contribution is 7.80. The summed E-state index contributed by atoms with van der Waals surface area (Å²) in [6.45, 7) is 6.56. The summed E-state index contributed by atoms with van der Waals surface area (Å²) >= 11 is 5.75. The van der Waals surface area contributed by atoms with Crippen LogP contribution in [-0.2, 0) is 6.54 Å². The van der Waals surface area contributed by atoms with Gasteiger partial charge >= 0.3 is 0 Å². The third kappa shape index (κ3) is 5.50. The molecular weight excluding hydrogens is 518 g/mol. The first-order valence-electron chi connectivity index (χ1n) is 14.4. The van der Waals surface area contributed by atoms with Crippen molar-refractivity contribution in [3.05, 3.63) is 87.3 Å². The Kier molecular flexibility index (Phi) is 7.36. The lowest BCUT2D eigenvalue weighted by molar-refractivity contribution is 0.0938. The van der Waals surface area contributed by atoms with Gasteiger partial charge < -0.3 is 25.4 Å². The number of nitrogens with zero attached hydrogens (tertiary/aromatic N) is 2. The van der Waals surface area contributed by atoms with Crippen molar-refractivity contribution in [2.45, 2.75) is 64.5 Å². The molecule has 2 atom stereocenters. The van der Waals surface area contributed by atoms with Gasteiger partial charge in [0, 0.05) is 54.6 Å².